The second-order valence-corrected chi connectivity index (χ2v) is 6.16. The number of imidazole rings is 2. The van der Waals surface area contributed by atoms with Crippen molar-refractivity contribution in [2.75, 3.05) is 0 Å². The molecule has 2 aromatic carbocycles. The highest BCUT2D eigenvalue weighted by atomic mass is 127. The summed E-state index contributed by atoms with van der Waals surface area (Å²) in [6.45, 7) is 0. The van der Waals surface area contributed by atoms with Crippen LogP contribution >= 0.6 is 0 Å². The summed E-state index contributed by atoms with van der Waals surface area (Å²) in [5.41, 5.74) is 0.680. The van der Waals surface area contributed by atoms with E-state index in [9.17, 15) is 17.6 Å². The van der Waals surface area contributed by atoms with Gasteiger partial charge in [0.05, 0.1) is 14.1 Å². The van der Waals surface area contributed by atoms with Gasteiger partial charge < -0.3 is 48.0 Å². The summed E-state index contributed by atoms with van der Waals surface area (Å²) in [7, 11) is 3.66. The number of aromatic nitrogens is 4. The van der Waals surface area contributed by atoms with Crippen molar-refractivity contribution in [3.63, 3.8) is 0 Å². The molecule has 10 heteroatoms. The molecule has 0 atom stereocenters. The standard InChI is InChI=1S/2C10H9F2N2.2HI/c2*1-13-4-5-14(7-13)10-3-2-8(11)6-9(10)12;;/h2*2-7H,1H3;2*1H/q2*+1;;/p-2. The zero-order valence-corrected chi connectivity index (χ0v) is 20.3. The van der Waals surface area contributed by atoms with Crippen LogP contribution in [0.5, 0.6) is 0 Å². The third-order valence-corrected chi connectivity index (χ3v) is 3.91. The molecule has 0 bridgehead atoms. The van der Waals surface area contributed by atoms with Crippen LogP contribution in [-0.2, 0) is 14.1 Å². The Kier molecular flexibility index (Phi) is 9.94. The van der Waals surface area contributed by atoms with Gasteiger partial charge >= 0.3 is 0 Å². The smallest absolute Gasteiger partial charge is 0.248 e. The highest BCUT2D eigenvalue weighted by molar-refractivity contribution is 5.33. The lowest BCUT2D eigenvalue weighted by atomic mass is 10.3. The fourth-order valence-electron chi connectivity index (χ4n) is 2.57. The van der Waals surface area contributed by atoms with Gasteiger partial charge in [-0.15, -0.1) is 0 Å². The fourth-order valence-corrected chi connectivity index (χ4v) is 2.57. The molecule has 0 radical (unpaired) electrons. The summed E-state index contributed by atoms with van der Waals surface area (Å²) >= 11 is 0. The van der Waals surface area contributed by atoms with E-state index in [1.807, 2.05) is 14.1 Å². The minimum Gasteiger partial charge on any atom is -1.00 e. The van der Waals surface area contributed by atoms with Gasteiger partial charge in [0.25, 0.3) is 0 Å². The second-order valence-electron chi connectivity index (χ2n) is 6.16. The molecule has 0 N–H and O–H groups in total. The number of aryl methyl sites for hydroxylation is 2. The van der Waals surface area contributed by atoms with Gasteiger partial charge in [-0.25, -0.2) is 26.7 Å². The quantitative estimate of drug-likeness (QED) is 0.127. The molecule has 0 aliphatic rings. The predicted molar refractivity (Wildman–Crippen MR) is 93.7 cm³/mol. The van der Waals surface area contributed by atoms with Crippen LogP contribution in [-0.4, -0.2) is 9.13 Å². The van der Waals surface area contributed by atoms with E-state index in [4.69, 9.17) is 0 Å². The van der Waals surface area contributed by atoms with Crippen LogP contribution in [0.15, 0.2) is 73.8 Å². The van der Waals surface area contributed by atoms with Crippen LogP contribution in [0.1, 0.15) is 0 Å². The van der Waals surface area contributed by atoms with Gasteiger partial charge in [0.1, 0.15) is 36.4 Å². The van der Waals surface area contributed by atoms with E-state index >= 15 is 0 Å². The Hall–Kier alpha value is -1.96. The predicted octanol–water partition coefficient (Wildman–Crippen LogP) is -2.83. The molecular formula is C20H18F4I2N4. The molecule has 30 heavy (non-hydrogen) atoms. The van der Waals surface area contributed by atoms with E-state index < -0.39 is 23.3 Å². The minimum atomic E-state index is -0.568. The van der Waals surface area contributed by atoms with Gasteiger partial charge in [-0.05, 0) is 24.3 Å². The van der Waals surface area contributed by atoms with Crippen molar-refractivity contribution in [1.82, 2.24) is 9.13 Å². The van der Waals surface area contributed by atoms with Crippen molar-refractivity contribution in [3.05, 3.63) is 97.1 Å². The van der Waals surface area contributed by atoms with Crippen LogP contribution in [0, 0.1) is 23.3 Å². The number of benzene rings is 2. The van der Waals surface area contributed by atoms with Crippen LogP contribution in [0.25, 0.3) is 11.4 Å². The van der Waals surface area contributed by atoms with Crippen LogP contribution < -0.4 is 57.1 Å². The first kappa shape index (κ1) is 26.1. The topological polar surface area (TPSA) is 17.6 Å². The number of hydrogen-bond donors (Lipinski definition) is 0. The van der Waals surface area contributed by atoms with E-state index in [1.54, 1.807) is 55.7 Å². The molecule has 4 aromatic rings. The molecule has 0 fully saturated rings. The molecule has 4 rings (SSSR count). The molecule has 0 aliphatic heterocycles. The van der Waals surface area contributed by atoms with Crippen LogP contribution in [0.2, 0.25) is 0 Å². The average molecular weight is 644 g/mol. The fraction of sp³-hybridized carbons (Fsp3) is 0.100. The van der Waals surface area contributed by atoms with E-state index in [-0.39, 0.29) is 48.0 Å². The van der Waals surface area contributed by atoms with Crippen molar-refractivity contribution in [2.45, 2.75) is 0 Å². The second kappa shape index (κ2) is 11.4. The Bertz CT molecular complexity index is 1020. The van der Waals surface area contributed by atoms with Gasteiger partial charge in [0.15, 0.2) is 23.0 Å². The summed E-state index contributed by atoms with van der Waals surface area (Å²) in [6, 6.07) is 7.02. The molecule has 0 saturated carbocycles. The number of hydrogen-bond acceptors (Lipinski definition) is 0. The van der Waals surface area contributed by atoms with Crippen molar-refractivity contribution >= 4 is 0 Å². The number of nitrogens with zero attached hydrogens (tertiary/aromatic N) is 4. The summed E-state index contributed by atoms with van der Waals surface area (Å²) in [5, 5.41) is 0. The van der Waals surface area contributed by atoms with Crippen LogP contribution in [0.3, 0.4) is 0 Å². The Labute approximate surface area is 205 Å². The van der Waals surface area contributed by atoms with Crippen molar-refractivity contribution in [2.24, 2.45) is 14.1 Å². The first-order valence-electron chi connectivity index (χ1n) is 8.31. The minimum absolute atomic E-state index is 0. The molecule has 2 aromatic heterocycles. The molecule has 0 aliphatic carbocycles. The Morgan fingerprint density at radius 3 is 1.27 bits per heavy atom. The summed E-state index contributed by atoms with van der Waals surface area (Å²) < 4.78 is 58.5. The molecule has 0 spiro atoms. The van der Waals surface area contributed by atoms with Crippen molar-refractivity contribution in [3.8, 4) is 11.4 Å². The molecular weight excluding hydrogens is 626 g/mol. The lowest BCUT2D eigenvalue weighted by molar-refractivity contribution is -0.670. The maximum absolute atomic E-state index is 13.3. The lowest BCUT2D eigenvalue weighted by Crippen LogP contribution is -3.00. The van der Waals surface area contributed by atoms with E-state index in [1.165, 1.54) is 24.3 Å². The molecule has 0 unspecified atom stereocenters. The van der Waals surface area contributed by atoms with Gasteiger partial charge in [-0.3, -0.25) is 0 Å². The van der Waals surface area contributed by atoms with E-state index in [0.29, 0.717) is 11.4 Å². The molecule has 160 valence electrons. The van der Waals surface area contributed by atoms with E-state index in [0.717, 1.165) is 12.1 Å². The summed E-state index contributed by atoms with van der Waals surface area (Å²) in [6.07, 6.45) is 10.4. The number of halogens is 6. The Morgan fingerprint density at radius 1 is 0.633 bits per heavy atom. The third kappa shape index (κ3) is 6.52. The Balaban J connectivity index is 0.000000281. The van der Waals surface area contributed by atoms with Crippen molar-refractivity contribution < 1.29 is 74.6 Å². The summed E-state index contributed by atoms with van der Waals surface area (Å²) in [4.78, 5) is 0. The summed E-state index contributed by atoms with van der Waals surface area (Å²) in [5.74, 6) is -2.27. The van der Waals surface area contributed by atoms with Crippen molar-refractivity contribution in [1.29, 1.82) is 0 Å². The normalized spacial score (nSPS) is 9.80. The molecule has 0 saturated heterocycles. The van der Waals surface area contributed by atoms with E-state index in [2.05, 4.69) is 0 Å². The van der Waals surface area contributed by atoms with Gasteiger partial charge in [-0.2, -0.15) is 9.13 Å². The molecule has 2 heterocycles. The maximum Gasteiger partial charge on any atom is 0.248 e. The van der Waals surface area contributed by atoms with Gasteiger partial charge in [0.2, 0.25) is 12.7 Å². The SMILES string of the molecule is C[n+]1ccn(-c2ccc(F)cc2F)c1.C[n+]1ccn(-c2ccc(F)cc2F)c1.[I-].[I-]. The maximum atomic E-state index is 13.3. The first-order chi connectivity index (χ1) is 13.3. The van der Waals surface area contributed by atoms with Gasteiger partial charge in [-0.1, -0.05) is 0 Å². The average Bonchev–Trinajstić information content (AvgIpc) is 3.24. The zero-order chi connectivity index (χ0) is 20.3. The molecule has 4 nitrogen and oxygen atoms in total. The monoisotopic (exact) mass is 644 g/mol. The van der Waals surface area contributed by atoms with Crippen LogP contribution in [0.4, 0.5) is 17.6 Å². The van der Waals surface area contributed by atoms with Gasteiger partial charge in [0, 0.05) is 12.1 Å². The highest BCUT2D eigenvalue weighted by Gasteiger charge is 2.11. The third-order valence-electron chi connectivity index (χ3n) is 3.91. The highest BCUT2D eigenvalue weighted by Crippen LogP contribution is 2.14. The number of rotatable bonds is 2. The largest absolute Gasteiger partial charge is 1.00 e. The Morgan fingerprint density at radius 2 is 1.00 bits per heavy atom. The lowest BCUT2D eigenvalue weighted by Gasteiger charge is -1.97. The first-order valence-corrected chi connectivity index (χ1v) is 8.31. The molecule has 0 amide bonds. The zero-order valence-electron chi connectivity index (χ0n) is 16.0.